The summed E-state index contributed by atoms with van der Waals surface area (Å²) in [6.45, 7) is 0.390. The first-order chi connectivity index (χ1) is 12.6. The molecule has 7 nitrogen and oxygen atoms in total. The molecule has 4 rings (SSSR count). The topological polar surface area (TPSA) is 92.6 Å². The van der Waals surface area contributed by atoms with Gasteiger partial charge in [0.1, 0.15) is 6.10 Å². The number of carboxylic acids is 1. The van der Waals surface area contributed by atoms with Gasteiger partial charge in [-0.25, -0.2) is 9.78 Å². The van der Waals surface area contributed by atoms with Crippen molar-refractivity contribution in [1.29, 1.82) is 0 Å². The summed E-state index contributed by atoms with van der Waals surface area (Å²) in [6.07, 6.45) is 6.64. The van der Waals surface area contributed by atoms with Crippen LogP contribution >= 0.6 is 0 Å². The van der Waals surface area contributed by atoms with E-state index in [-0.39, 0.29) is 23.6 Å². The molecule has 1 aliphatic heterocycles. The van der Waals surface area contributed by atoms with E-state index < -0.39 is 5.97 Å². The van der Waals surface area contributed by atoms with Gasteiger partial charge in [0, 0.05) is 18.5 Å². The zero-order valence-electron chi connectivity index (χ0n) is 14.2. The number of aromatic carboxylic acids is 1. The second-order valence-electron chi connectivity index (χ2n) is 6.63. The standard InChI is InChI=1S/C19H19N3O4/c23-18-13-9-12(19(24)25)10-21-14(13)11-22(18)15-5-1-2-6-16(15)26-17-7-3-4-8-20-17/h3-4,7-10,15-16H,1-2,5-6,11H2,(H,24,25)/t15-,16-/m1/s1. The van der Waals surface area contributed by atoms with Gasteiger partial charge in [0.2, 0.25) is 5.88 Å². The Balaban J connectivity index is 1.57. The SMILES string of the molecule is O=C(O)c1cnc2c(c1)C(=O)N([C@@H]1CCCC[C@H]1Oc1ccccn1)C2. The molecule has 1 N–H and O–H groups in total. The number of pyridine rings is 2. The molecule has 0 saturated heterocycles. The molecule has 2 aliphatic rings. The molecular formula is C19H19N3O4. The molecule has 7 heteroatoms. The molecule has 2 aromatic heterocycles. The number of ether oxygens (including phenoxy) is 1. The Morgan fingerprint density at radius 1 is 1.23 bits per heavy atom. The molecule has 1 aliphatic carbocycles. The first-order valence-corrected chi connectivity index (χ1v) is 8.74. The van der Waals surface area contributed by atoms with Crippen molar-refractivity contribution < 1.29 is 19.4 Å². The number of nitrogens with zero attached hydrogens (tertiary/aromatic N) is 3. The average molecular weight is 353 g/mol. The highest BCUT2D eigenvalue weighted by Gasteiger charge is 2.40. The number of carboxylic acid groups (broad SMARTS) is 1. The van der Waals surface area contributed by atoms with Gasteiger partial charge < -0.3 is 14.7 Å². The number of hydrogen-bond donors (Lipinski definition) is 1. The lowest BCUT2D eigenvalue weighted by molar-refractivity contribution is 0.0280. The third kappa shape index (κ3) is 3.00. The van der Waals surface area contributed by atoms with Gasteiger partial charge in [-0.1, -0.05) is 12.5 Å². The summed E-state index contributed by atoms with van der Waals surface area (Å²) < 4.78 is 6.07. The van der Waals surface area contributed by atoms with Crippen molar-refractivity contribution in [2.75, 3.05) is 0 Å². The maximum absolute atomic E-state index is 12.9. The minimum absolute atomic E-state index is 0.0314. The fraction of sp³-hybridized carbons (Fsp3) is 0.368. The molecular weight excluding hydrogens is 334 g/mol. The van der Waals surface area contributed by atoms with E-state index in [0.29, 0.717) is 23.7 Å². The van der Waals surface area contributed by atoms with Crippen LogP contribution in [0.15, 0.2) is 36.7 Å². The van der Waals surface area contributed by atoms with Gasteiger partial charge >= 0.3 is 5.97 Å². The van der Waals surface area contributed by atoms with E-state index in [2.05, 4.69) is 9.97 Å². The monoisotopic (exact) mass is 353 g/mol. The van der Waals surface area contributed by atoms with Crippen LogP contribution in [0.2, 0.25) is 0 Å². The maximum Gasteiger partial charge on any atom is 0.337 e. The highest BCUT2D eigenvalue weighted by Crippen LogP contribution is 2.32. The van der Waals surface area contributed by atoms with Gasteiger partial charge in [-0.2, -0.15) is 0 Å². The molecule has 1 fully saturated rings. The molecule has 2 atom stereocenters. The molecule has 0 aromatic carbocycles. The van der Waals surface area contributed by atoms with Gasteiger partial charge in [0.05, 0.1) is 29.4 Å². The number of rotatable bonds is 4. The van der Waals surface area contributed by atoms with Gasteiger partial charge in [0.25, 0.3) is 5.91 Å². The lowest BCUT2D eigenvalue weighted by Crippen LogP contribution is -2.48. The molecule has 26 heavy (non-hydrogen) atoms. The normalized spacial score (nSPS) is 22.2. The zero-order valence-corrected chi connectivity index (χ0v) is 14.2. The summed E-state index contributed by atoms with van der Waals surface area (Å²) in [6, 6.07) is 6.87. The van der Waals surface area contributed by atoms with Gasteiger partial charge in [-0.15, -0.1) is 0 Å². The summed E-state index contributed by atoms with van der Waals surface area (Å²) >= 11 is 0. The highest BCUT2D eigenvalue weighted by molar-refractivity contribution is 6.00. The average Bonchev–Trinajstić information content (AvgIpc) is 2.99. The highest BCUT2D eigenvalue weighted by atomic mass is 16.5. The van der Waals surface area contributed by atoms with Crippen LogP contribution in [0.5, 0.6) is 5.88 Å². The molecule has 3 heterocycles. The van der Waals surface area contributed by atoms with Crippen molar-refractivity contribution in [1.82, 2.24) is 14.9 Å². The summed E-state index contributed by atoms with van der Waals surface area (Å²) in [5, 5.41) is 9.13. The largest absolute Gasteiger partial charge is 0.478 e. The Labute approximate surface area is 150 Å². The number of carbonyl (C=O) groups excluding carboxylic acids is 1. The Kier molecular flexibility index (Phi) is 4.28. The van der Waals surface area contributed by atoms with Crippen molar-refractivity contribution in [3.8, 4) is 5.88 Å². The minimum Gasteiger partial charge on any atom is -0.478 e. The van der Waals surface area contributed by atoms with Gasteiger partial charge in [-0.3, -0.25) is 9.78 Å². The van der Waals surface area contributed by atoms with Gasteiger partial charge in [0.15, 0.2) is 0 Å². The summed E-state index contributed by atoms with van der Waals surface area (Å²) in [4.78, 5) is 34.2. The molecule has 1 amide bonds. The van der Waals surface area contributed by atoms with E-state index in [1.165, 1.54) is 12.3 Å². The third-order valence-corrected chi connectivity index (χ3v) is 5.01. The molecule has 0 bridgehead atoms. The van der Waals surface area contributed by atoms with Crippen molar-refractivity contribution in [3.63, 3.8) is 0 Å². The minimum atomic E-state index is -1.08. The van der Waals surface area contributed by atoms with E-state index in [1.54, 1.807) is 11.1 Å². The number of fused-ring (bicyclic) bond motifs is 1. The molecule has 0 radical (unpaired) electrons. The molecule has 0 unspecified atom stereocenters. The molecule has 134 valence electrons. The summed E-state index contributed by atoms with van der Waals surface area (Å²) in [5.41, 5.74) is 1.04. The van der Waals surface area contributed by atoms with Crippen LogP contribution in [-0.4, -0.2) is 44.0 Å². The van der Waals surface area contributed by atoms with Crippen LogP contribution in [0, 0.1) is 0 Å². The molecule has 2 aromatic rings. The van der Waals surface area contributed by atoms with Crippen LogP contribution in [0.25, 0.3) is 0 Å². The smallest absolute Gasteiger partial charge is 0.337 e. The van der Waals surface area contributed by atoms with Crippen LogP contribution < -0.4 is 4.74 Å². The first-order valence-electron chi connectivity index (χ1n) is 8.74. The van der Waals surface area contributed by atoms with Crippen molar-refractivity contribution >= 4 is 11.9 Å². The fourth-order valence-corrected chi connectivity index (χ4v) is 3.72. The van der Waals surface area contributed by atoms with Crippen LogP contribution in [0.3, 0.4) is 0 Å². The Hall–Kier alpha value is -2.96. The van der Waals surface area contributed by atoms with Crippen molar-refractivity contribution in [3.05, 3.63) is 53.5 Å². The van der Waals surface area contributed by atoms with E-state index in [1.807, 2.05) is 18.2 Å². The van der Waals surface area contributed by atoms with Crippen molar-refractivity contribution in [2.45, 2.75) is 44.4 Å². The Morgan fingerprint density at radius 2 is 2.08 bits per heavy atom. The van der Waals surface area contributed by atoms with E-state index in [0.717, 1.165) is 25.7 Å². The van der Waals surface area contributed by atoms with E-state index in [9.17, 15) is 9.59 Å². The number of aromatic nitrogens is 2. The summed E-state index contributed by atoms with van der Waals surface area (Å²) in [5.74, 6) is -0.697. The maximum atomic E-state index is 12.9. The lowest BCUT2D eigenvalue weighted by Gasteiger charge is -2.37. The van der Waals surface area contributed by atoms with E-state index >= 15 is 0 Å². The van der Waals surface area contributed by atoms with E-state index in [4.69, 9.17) is 9.84 Å². The fourth-order valence-electron chi connectivity index (χ4n) is 3.72. The first kappa shape index (κ1) is 16.5. The molecule has 1 saturated carbocycles. The quantitative estimate of drug-likeness (QED) is 0.908. The van der Waals surface area contributed by atoms with Gasteiger partial charge in [-0.05, 0) is 31.4 Å². The lowest BCUT2D eigenvalue weighted by atomic mass is 9.91. The number of carbonyl (C=O) groups is 2. The Bertz CT molecular complexity index is 840. The predicted octanol–water partition coefficient (Wildman–Crippen LogP) is 2.52. The van der Waals surface area contributed by atoms with Crippen LogP contribution in [0.4, 0.5) is 0 Å². The number of amides is 1. The second-order valence-corrected chi connectivity index (χ2v) is 6.63. The zero-order chi connectivity index (χ0) is 18.1. The third-order valence-electron chi connectivity index (χ3n) is 5.01. The molecule has 0 spiro atoms. The Morgan fingerprint density at radius 3 is 2.85 bits per heavy atom. The number of hydrogen-bond acceptors (Lipinski definition) is 5. The second kappa shape index (κ2) is 6.74. The van der Waals surface area contributed by atoms with Crippen LogP contribution in [-0.2, 0) is 6.54 Å². The predicted molar refractivity (Wildman–Crippen MR) is 92.0 cm³/mol. The van der Waals surface area contributed by atoms with Crippen molar-refractivity contribution in [2.24, 2.45) is 0 Å². The summed E-state index contributed by atoms with van der Waals surface area (Å²) in [7, 11) is 0. The van der Waals surface area contributed by atoms with Crippen LogP contribution in [0.1, 0.15) is 52.1 Å².